The first-order valence-electron chi connectivity index (χ1n) is 5.75. The van der Waals surface area contributed by atoms with E-state index in [2.05, 4.69) is 39.7 Å². The first kappa shape index (κ1) is 11.1. The van der Waals surface area contributed by atoms with Crippen molar-refractivity contribution in [3.8, 4) is 0 Å². The van der Waals surface area contributed by atoms with E-state index in [0.29, 0.717) is 5.92 Å². The molecule has 0 radical (unpaired) electrons. The van der Waals surface area contributed by atoms with Gasteiger partial charge in [-0.3, -0.25) is 0 Å². The van der Waals surface area contributed by atoms with Crippen molar-refractivity contribution in [3.63, 3.8) is 0 Å². The van der Waals surface area contributed by atoms with Gasteiger partial charge < -0.3 is 0 Å². The molecule has 0 amide bonds. The number of aryl methyl sites for hydroxylation is 1. The Morgan fingerprint density at radius 3 is 2.47 bits per heavy atom. The molecule has 0 aliphatic heterocycles. The van der Waals surface area contributed by atoms with Crippen molar-refractivity contribution in [2.24, 2.45) is 0 Å². The van der Waals surface area contributed by atoms with E-state index in [9.17, 15) is 0 Å². The smallest absolute Gasteiger partial charge is 0.132 e. The summed E-state index contributed by atoms with van der Waals surface area (Å²) in [5.41, 5.74) is 2.39. The van der Waals surface area contributed by atoms with Crippen molar-refractivity contribution in [2.45, 2.75) is 51.9 Å². The molecule has 1 aliphatic rings. The van der Waals surface area contributed by atoms with E-state index in [1.54, 1.807) is 0 Å². The molecule has 0 saturated heterocycles. The molecule has 0 atom stereocenters. The maximum Gasteiger partial charge on any atom is 0.132 e. The average molecular weight is 269 g/mol. The molecule has 1 saturated carbocycles. The third kappa shape index (κ3) is 2.22. The number of rotatable bonds is 2. The second-order valence-electron chi connectivity index (χ2n) is 4.27. The Bertz CT molecular complexity index is 334. The summed E-state index contributed by atoms with van der Waals surface area (Å²) >= 11 is 3.55. The van der Waals surface area contributed by atoms with E-state index in [1.165, 1.54) is 31.2 Å². The Balaban J connectivity index is 2.33. The highest BCUT2D eigenvalue weighted by Gasteiger charge is 2.21. The molecular weight excluding hydrogens is 252 g/mol. The molecule has 2 rings (SSSR count). The van der Waals surface area contributed by atoms with Gasteiger partial charge in [0.25, 0.3) is 0 Å². The zero-order chi connectivity index (χ0) is 10.8. The lowest BCUT2D eigenvalue weighted by Gasteiger charge is -2.11. The van der Waals surface area contributed by atoms with Crippen LogP contribution in [0.4, 0.5) is 0 Å². The number of hydrogen-bond acceptors (Lipinski definition) is 2. The first-order valence-corrected chi connectivity index (χ1v) is 6.54. The summed E-state index contributed by atoms with van der Waals surface area (Å²) in [6.07, 6.45) is 6.19. The van der Waals surface area contributed by atoms with E-state index < -0.39 is 0 Å². The fraction of sp³-hybridized carbons (Fsp3) is 0.667. The SMILES string of the molecule is CCc1c(C)nc(C2CCCC2)nc1Br. The molecule has 1 aromatic rings. The van der Waals surface area contributed by atoms with Gasteiger partial charge in [-0.15, -0.1) is 0 Å². The zero-order valence-corrected chi connectivity index (χ0v) is 11.0. The standard InChI is InChI=1S/C12H17BrN2/c1-3-10-8(2)14-12(15-11(10)13)9-6-4-5-7-9/h9H,3-7H2,1-2H3. The van der Waals surface area contributed by atoms with Crippen LogP contribution in [-0.4, -0.2) is 9.97 Å². The van der Waals surface area contributed by atoms with Gasteiger partial charge in [0.05, 0.1) is 0 Å². The highest BCUT2D eigenvalue weighted by molar-refractivity contribution is 9.10. The number of hydrogen-bond donors (Lipinski definition) is 0. The summed E-state index contributed by atoms with van der Waals surface area (Å²) in [5.74, 6) is 1.65. The topological polar surface area (TPSA) is 25.8 Å². The van der Waals surface area contributed by atoms with Gasteiger partial charge in [-0.05, 0) is 42.1 Å². The van der Waals surface area contributed by atoms with E-state index >= 15 is 0 Å². The van der Waals surface area contributed by atoms with Gasteiger partial charge in [-0.2, -0.15) is 0 Å². The second-order valence-corrected chi connectivity index (χ2v) is 5.02. The molecule has 1 fully saturated rings. The van der Waals surface area contributed by atoms with Crippen molar-refractivity contribution in [1.29, 1.82) is 0 Å². The predicted molar refractivity (Wildman–Crippen MR) is 65.1 cm³/mol. The average Bonchev–Trinajstić information content (AvgIpc) is 2.69. The van der Waals surface area contributed by atoms with Crippen LogP contribution < -0.4 is 0 Å². The highest BCUT2D eigenvalue weighted by atomic mass is 79.9. The van der Waals surface area contributed by atoms with Gasteiger partial charge in [-0.1, -0.05) is 19.8 Å². The van der Waals surface area contributed by atoms with Crippen LogP contribution in [0.2, 0.25) is 0 Å². The maximum atomic E-state index is 4.65. The van der Waals surface area contributed by atoms with E-state index in [4.69, 9.17) is 0 Å². The Labute approximate surface area is 99.7 Å². The van der Waals surface area contributed by atoms with Gasteiger partial charge in [0.15, 0.2) is 0 Å². The molecule has 3 heteroatoms. The van der Waals surface area contributed by atoms with Crippen molar-refractivity contribution >= 4 is 15.9 Å². The number of halogens is 1. The summed E-state index contributed by atoms with van der Waals surface area (Å²) in [4.78, 5) is 9.24. The van der Waals surface area contributed by atoms with Crippen LogP contribution in [0.3, 0.4) is 0 Å². The van der Waals surface area contributed by atoms with Gasteiger partial charge in [0, 0.05) is 17.2 Å². The molecule has 82 valence electrons. The lowest BCUT2D eigenvalue weighted by molar-refractivity contribution is 0.657. The summed E-state index contributed by atoms with van der Waals surface area (Å²) in [5, 5.41) is 0. The third-order valence-electron chi connectivity index (χ3n) is 3.25. The summed E-state index contributed by atoms with van der Waals surface area (Å²) < 4.78 is 0.999. The van der Waals surface area contributed by atoms with Crippen LogP contribution in [0.15, 0.2) is 4.60 Å². The summed E-state index contributed by atoms with van der Waals surface area (Å²) in [7, 11) is 0. The van der Waals surface area contributed by atoms with Gasteiger partial charge in [-0.25, -0.2) is 9.97 Å². The number of aromatic nitrogens is 2. The van der Waals surface area contributed by atoms with E-state index in [0.717, 1.165) is 22.5 Å². The molecule has 1 heterocycles. The second kappa shape index (κ2) is 4.60. The molecule has 0 bridgehead atoms. The lowest BCUT2D eigenvalue weighted by Crippen LogP contribution is -2.05. The van der Waals surface area contributed by atoms with Gasteiger partial charge in [0.2, 0.25) is 0 Å². The van der Waals surface area contributed by atoms with Crippen LogP contribution in [0.25, 0.3) is 0 Å². The molecule has 0 aromatic carbocycles. The summed E-state index contributed by atoms with van der Waals surface area (Å²) in [6, 6.07) is 0. The third-order valence-corrected chi connectivity index (χ3v) is 3.91. The Hall–Kier alpha value is -0.440. The van der Waals surface area contributed by atoms with Crippen molar-refractivity contribution < 1.29 is 0 Å². The van der Waals surface area contributed by atoms with Crippen LogP contribution >= 0.6 is 15.9 Å². The molecular formula is C12H17BrN2. The van der Waals surface area contributed by atoms with Crippen LogP contribution in [0, 0.1) is 6.92 Å². The van der Waals surface area contributed by atoms with Gasteiger partial charge in [0.1, 0.15) is 10.4 Å². The molecule has 0 unspecified atom stereocenters. The predicted octanol–water partition coefficient (Wildman–Crippen LogP) is 3.77. The minimum Gasteiger partial charge on any atom is -0.238 e. The van der Waals surface area contributed by atoms with E-state index in [-0.39, 0.29) is 0 Å². The van der Waals surface area contributed by atoms with Crippen molar-refractivity contribution in [2.75, 3.05) is 0 Å². The lowest BCUT2D eigenvalue weighted by atomic mass is 10.1. The monoisotopic (exact) mass is 268 g/mol. The minimum absolute atomic E-state index is 0.603. The fourth-order valence-corrected chi connectivity index (χ4v) is 3.10. The number of nitrogens with zero attached hydrogens (tertiary/aromatic N) is 2. The maximum absolute atomic E-state index is 4.65. The molecule has 0 spiro atoms. The zero-order valence-electron chi connectivity index (χ0n) is 9.39. The fourth-order valence-electron chi connectivity index (χ4n) is 2.35. The Kier molecular flexibility index (Phi) is 3.39. The van der Waals surface area contributed by atoms with Gasteiger partial charge >= 0.3 is 0 Å². The van der Waals surface area contributed by atoms with Crippen LogP contribution in [0.5, 0.6) is 0 Å². The quantitative estimate of drug-likeness (QED) is 0.764. The molecule has 15 heavy (non-hydrogen) atoms. The summed E-state index contributed by atoms with van der Waals surface area (Å²) in [6.45, 7) is 4.23. The van der Waals surface area contributed by atoms with Crippen molar-refractivity contribution in [3.05, 3.63) is 21.7 Å². The largest absolute Gasteiger partial charge is 0.238 e. The van der Waals surface area contributed by atoms with Crippen LogP contribution in [-0.2, 0) is 6.42 Å². The van der Waals surface area contributed by atoms with Crippen LogP contribution in [0.1, 0.15) is 55.6 Å². The molecule has 1 aromatic heterocycles. The Morgan fingerprint density at radius 2 is 1.93 bits per heavy atom. The minimum atomic E-state index is 0.603. The highest BCUT2D eigenvalue weighted by Crippen LogP contribution is 2.33. The van der Waals surface area contributed by atoms with E-state index in [1.807, 2.05) is 0 Å². The normalized spacial score (nSPS) is 17.3. The first-order chi connectivity index (χ1) is 7.22. The molecule has 2 nitrogen and oxygen atoms in total. The Morgan fingerprint density at radius 1 is 1.27 bits per heavy atom. The molecule has 0 N–H and O–H groups in total. The van der Waals surface area contributed by atoms with Crippen molar-refractivity contribution in [1.82, 2.24) is 9.97 Å². The molecule has 1 aliphatic carbocycles.